The first kappa shape index (κ1) is 33.1. The number of phenols is 1. The average molecular weight is 722 g/mol. The number of aliphatic imine (C=N–C) groups is 1. The molecule has 0 aliphatic carbocycles. The molecule has 0 atom stereocenters. The molecule has 1 aliphatic rings. The topological polar surface area (TPSA) is 186 Å². The molecule has 1 aromatic heterocycles. The van der Waals surface area contributed by atoms with Crippen molar-refractivity contribution < 1.29 is 28.0 Å². The minimum Gasteiger partial charge on any atom is -0.504 e. The van der Waals surface area contributed by atoms with Crippen molar-refractivity contribution in [3.63, 3.8) is 0 Å². The minimum absolute atomic E-state index is 0.0459. The number of amides is 1. The van der Waals surface area contributed by atoms with Crippen molar-refractivity contribution in [3.05, 3.63) is 132 Å². The molecule has 17 heteroatoms. The fourth-order valence-corrected chi connectivity index (χ4v) is 6.84. The average Bonchev–Trinajstić information content (AvgIpc) is 3.38. The molecule has 0 saturated heterocycles. The molecule has 14 nitrogen and oxygen atoms in total. The molecule has 6 rings (SSSR count). The van der Waals surface area contributed by atoms with Gasteiger partial charge in [0.15, 0.2) is 17.3 Å². The number of non-ortho nitro benzene ring substituents is 1. The summed E-state index contributed by atoms with van der Waals surface area (Å²) in [6, 6.07) is 18.6. The van der Waals surface area contributed by atoms with Crippen molar-refractivity contribution >= 4 is 73.3 Å². The molecule has 0 unspecified atom stereocenters. The molecule has 2 N–H and O–H groups in total. The lowest BCUT2D eigenvalue weighted by Crippen LogP contribution is -2.49. The van der Waals surface area contributed by atoms with Gasteiger partial charge < -0.3 is 9.84 Å². The summed E-state index contributed by atoms with van der Waals surface area (Å²) in [4.78, 5) is 47.3. The summed E-state index contributed by atoms with van der Waals surface area (Å²) in [5, 5.41) is 21.4. The number of fused-ring (bicyclic) bond motifs is 1. The highest BCUT2D eigenvalue weighted by molar-refractivity contribution is 7.92. The molecular formula is C32H22Cl2N6O8S. The van der Waals surface area contributed by atoms with E-state index in [4.69, 9.17) is 27.9 Å². The number of phenolic OH excluding ortho intramolecular Hbond substituents is 1. The molecule has 1 aliphatic heterocycles. The minimum atomic E-state index is -4.46. The summed E-state index contributed by atoms with van der Waals surface area (Å²) in [5.41, 5.74) is -0.461. The Kier molecular flexibility index (Phi) is 8.58. The molecule has 2 heterocycles. The molecule has 0 spiro atoms. The smallest absolute Gasteiger partial charge is 0.297 e. The van der Waals surface area contributed by atoms with Crippen LogP contribution in [-0.2, 0) is 14.8 Å². The molecular weight excluding hydrogens is 699 g/mol. The van der Waals surface area contributed by atoms with Crippen LogP contribution >= 0.6 is 23.2 Å². The predicted molar refractivity (Wildman–Crippen MR) is 184 cm³/mol. The van der Waals surface area contributed by atoms with Gasteiger partial charge in [0.25, 0.3) is 27.2 Å². The number of anilines is 1. The summed E-state index contributed by atoms with van der Waals surface area (Å²) in [7, 11) is -3.08. The van der Waals surface area contributed by atoms with Gasteiger partial charge in [-0.05, 0) is 48.9 Å². The molecule has 49 heavy (non-hydrogen) atoms. The van der Waals surface area contributed by atoms with Crippen LogP contribution in [0.3, 0.4) is 0 Å². The van der Waals surface area contributed by atoms with E-state index in [9.17, 15) is 33.2 Å². The molecule has 4 aromatic carbocycles. The Morgan fingerprint density at radius 3 is 2.35 bits per heavy atom. The number of aryl methyl sites for hydroxylation is 1. The third kappa shape index (κ3) is 6.17. The Bertz CT molecular complexity index is 2430. The van der Waals surface area contributed by atoms with Crippen molar-refractivity contribution in [1.29, 1.82) is 0 Å². The number of sulfonamides is 1. The third-order valence-corrected chi connectivity index (χ3v) is 9.29. The summed E-state index contributed by atoms with van der Waals surface area (Å²) in [6.07, 6.45) is 1.47. The van der Waals surface area contributed by atoms with Crippen molar-refractivity contribution in [2.45, 2.75) is 11.8 Å². The standard InChI is InChI=1S/C32H22Cl2N6O8S/c1-17-35-25-10-9-21(49(46,47)37-29-23(33)14-20(40(44)45)15-24(29)34)16-22(25)31(42)38(17)39-30(19-6-4-3-5-7-19)36-26(32(39)43)12-18-8-11-27(41)28(13-18)48-2/h3-16,37,41H,1-2H3. The zero-order chi connectivity index (χ0) is 35.2. The van der Waals surface area contributed by atoms with Crippen molar-refractivity contribution in [1.82, 2.24) is 9.66 Å². The van der Waals surface area contributed by atoms with Crippen molar-refractivity contribution in [2.24, 2.45) is 4.99 Å². The number of hydrogen-bond acceptors (Lipinski definition) is 10. The van der Waals surface area contributed by atoms with E-state index in [2.05, 4.69) is 14.7 Å². The number of aromatic hydroxyl groups is 1. The normalized spacial score (nSPS) is 14.0. The third-order valence-electron chi connectivity index (χ3n) is 7.34. The van der Waals surface area contributed by atoms with Gasteiger partial charge in [-0.2, -0.15) is 9.69 Å². The number of amidine groups is 1. The van der Waals surface area contributed by atoms with Gasteiger partial charge >= 0.3 is 0 Å². The zero-order valence-electron chi connectivity index (χ0n) is 25.3. The number of aromatic nitrogens is 2. The summed E-state index contributed by atoms with van der Waals surface area (Å²) in [5.74, 6) is -0.419. The number of carbonyl (C=O) groups is 1. The number of nitrogens with zero attached hydrogens (tertiary/aromatic N) is 5. The van der Waals surface area contributed by atoms with Gasteiger partial charge in [0.1, 0.15) is 11.5 Å². The van der Waals surface area contributed by atoms with Gasteiger partial charge in [-0.3, -0.25) is 24.4 Å². The Hall–Kier alpha value is -5.77. The van der Waals surface area contributed by atoms with Crippen LogP contribution in [0.2, 0.25) is 10.0 Å². The number of halogens is 2. The van der Waals surface area contributed by atoms with Crippen LogP contribution in [0.4, 0.5) is 11.4 Å². The number of nitro groups is 1. The maximum atomic E-state index is 14.2. The zero-order valence-corrected chi connectivity index (χ0v) is 27.6. The van der Waals surface area contributed by atoms with Crippen LogP contribution < -0.4 is 20.0 Å². The van der Waals surface area contributed by atoms with E-state index < -0.39 is 32.1 Å². The fraction of sp³-hybridized carbons (Fsp3) is 0.0625. The molecule has 1 amide bonds. The van der Waals surface area contributed by atoms with Crippen LogP contribution in [0.15, 0.2) is 99.2 Å². The molecule has 0 fully saturated rings. The second-order valence-corrected chi connectivity index (χ2v) is 13.0. The van der Waals surface area contributed by atoms with E-state index in [-0.39, 0.29) is 60.4 Å². The Labute approximate surface area is 287 Å². The number of nitrogens with one attached hydrogen (secondary N) is 1. The number of ether oxygens (including phenoxy) is 1. The van der Waals surface area contributed by atoms with Gasteiger partial charge in [0, 0.05) is 17.7 Å². The highest BCUT2D eigenvalue weighted by atomic mass is 35.5. The highest BCUT2D eigenvalue weighted by Crippen LogP contribution is 2.36. The van der Waals surface area contributed by atoms with Gasteiger partial charge in [0.2, 0.25) is 0 Å². The number of benzene rings is 4. The lowest BCUT2D eigenvalue weighted by molar-refractivity contribution is -0.384. The van der Waals surface area contributed by atoms with E-state index in [0.717, 1.165) is 27.9 Å². The highest BCUT2D eigenvalue weighted by Gasteiger charge is 2.35. The van der Waals surface area contributed by atoms with Crippen molar-refractivity contribution in [2.75, 3.05) is 16.8 Å². The first-order valence-corrected chi connectivity index (χ1v) is 16.3. The maximum absolute atomic E-state index is 14.2. The Balaban J connectivity index is 1.46. The number of carbonyl (C=O) groups excluding carboxylic acids is 1. The van der Waals surface area contributed by atoms with E-state index in [1.54, 1.807) is 36.4 Å². The van der Waals surface area contributed by atoms with Crippen LogP contribution in [-0.4, -0.2) is 47.0 Å². The van der Waals surface area contributed by atoms with Gasteiger partial charge in [-0.1, -0.05) is 59.6 Å². The van der Waals surface area contributed by atoms with E-state index >= 15 is 0 Å². The summed E-state index contributed by atoms with van der Waals surface area (Å²) in [6.45, 7) is 1.51. The lowest BCUT2D eigenvalue weighted by Gasteiger charge is -2.22. The number of hydrogen-bond donors (Lipinski definition) is 2. The van der Waals surface area contributed by atoms with Crippen LogP contribution in [0, 0.1) is 17.0 Å². The number of rotatable bonds is 8. The molecule has 248 valence electrons. The van der Waals surface area contributed by atoms with Gasteiger partial charge in [-0.15, -0.1) is 0 Å². The molecule has 0 bridgehead atoms. The second-order valence-electron chi connectivity index (χ2n) is 10.5. The van der Waals surface area contributed by atoms with E-state index in [0.29, 0.717) is 11.1 Å². The first-order chi connectivity index (χ1) is 23.3. The first-order valence-electron chi connectivity index (χ1n) is 14.1. The number of methoxy groups -OCH3 is 1. The van der Waals surface area contributed by atoms with Gasteiger partial charge in [0.05, 0.1) is 43.6 Å². The Morgan fingerprint density at radius 2 is 1.69 bits per heavy atom. The second kappa shape index (κ2) is 12.7. The maximum Gasteiger partial charge on any atom is 0.297 e. The van der Waals surface area contributed by atoms with Crippen LogP contribution in [0.25, 0.3) is 17.0 Å². The van der Waals surface area contributed by atoms with E-state index in [1.165, 1.54) is 44.4 Å². The SMILES string of the molecule is COc1cc(C=C2N=C(c3ccccc3)N(n3c(C)nc4ccc(S(=O)(=O)Nc5c(Cl)cc([N+](=O)[O-])cc5Cl)cc4c3=O)C2=O)ccc1O. The summed E-state index contributed by atoms with van der Waals surface area (Å²) < 4.78 is 35.3. The summed E-state index contributed by atoms with van der Waals surface area (Å²) >= 11 is 12.2. The largest absolute Gasteiger partial charge is 0.504 e. The molecule has 0 radical (unpaired) electrons. The van der Waals surface area contributed by atoms with Crippen molar-refractivity contribution in [3.8, 4) is 11.5 Å². The fourth-order valence-electron chi connectivity index (χ4n) is 5.03. The van der Waals surface area contributed by atoms with Crippen LogP contribution in [0.5, 0.6) is 11.5 Å². The lowest BCUT2D eigenvalue weighted by atomic mass is 10.1. The number of nitro benzene ring substituents is 1. The molecule has 5 aromatic rings. The quantitative estimate of drug-likeness (QED) is 0.120. The van der Waals surface area contributed by atoms with E-state index in [1.807, 2.05) is 0 Å². The Morgan fingerprint density at radius 1 is 1.00 bits per heavy atom. The molecule has 0 saturated carbocycles. The van der Waals surface area contributed by atoms with Gasteiger partial charge in [-0.25, -0.2) is 18.4 Å². The van der Waals surface area contributed by atoms with Crippen LogP contribution in [0.1, 0.15) is 17.0 Å². The predicted octanol–water partition coefficient (Wildman–Crippen LogP) is 5.40. The monoisotopic (exact) mass is 720 g/mol.